The molecule has 0 radical (unpaired) electrons. The number of nitrogens with zero attached hydrogens (tertiary/aromatic N) is 6. The van der Waals surface area contributed by atoms with Crippen molar-refractivity contribution in [1.82, 2.24) is 25.2 Å². The Morgan fingerprint density at radius 3 is 2.85 bits per heavy atom. The van der Waals surface area contributed by atoms with Gasteiger partial charge in [0, 0.05) is 28.7 Å². The van der Waals surface area contributed by atoms with Crippen molar-refractivity contribution < 1.29 is 4.92 Å². The second-order valence-corrected chi connectivity index (χ2v) is 6.58. The van der Waals surface area contributed by atoms with Gasteiger partial charge in [-0.15, -0.1) is 5.10 Å². The van der Waals surface area contributed by atoms with E-state index in [0.29, 0.717) is 10.5 Å². The summed E-state index contributed by atoms with van der Waals surface area (Å²) in [5.41, 5.74) is 1.97. The van der Waals surface area contributed by atoms with Gasteiger partial charge in [0.1, 0.15) is 0 Å². The normalized spacial score (nSPS) is 11.0. The Balaban J connectivity index is 1.79. The minimum Gasteiger partial charge on any atom is -0.264 e. The van der Waals surface area contributed by atoms with Crippen LogP contribution in [0.2, 0.25) is 0 Å². The smallest absolute Gasteiger partial charge is 0.264 e. The van der Waals surface area contributed by atoms with E-state index in [9.17, 15) is 10.1 Å². The summed E-state index contributed by atoms with van der Waals surface area (Å²) in [7, 11) is 0. The third-order valence-corrected chi connectivity index (χ3v) is 4.85. The molecule has 8 nitrogen and oxygen atoms in total. The van der Waals surface area contributed by atoms with Crippen molar-refractivity contribution in [3.8, 4) is 5.69 Å². The number of hydrogen-bond acceptors (Lipinski definition) is 7. The van der Waals surface area contributed by atoms with E-state index in [1.807, 2.05) is 31.2 Å². The largest absolute Gasteiger partial charge is 0.278 e. The van der Waals surface area contributed by atoms with Crippen molar-refractivity contribution in [1.29, 1.82) is 0 Å². The zero-order chi connectivity index (χ0) is 18.1. The highest BCUT2D eigenvalue weighted by atomic mass is 32.2. The summed E-state index contributed by atoms with van der Waals surface area (Å²) in [5, 5.41) is 25.0. The van der Waals surface area contributed by atoms with E-state index in [1.165, 1.54) is 24.0 Å². The molecule has 4 rings (SSSR count). The maximum atomic E-state index is 11.2. The number of hydrogen-bond donors (Lipinski definition) is 0. The van der Waals surface area contributed by atoms with Gasteiger partial charge in [-0.05, 0) is 58.9 Å². The highest BCUT2D eigenvalue weighted by Gasteiger charge is 2.17. The third-order valence-electron chi connectivity index (χ3n) is 3.84. The quantitative estimate of drug-likeness (QED) is 0.403. The van der Waals surface area contributed by atoms with Crippen LogP contribution in [0, 0.1) is 17.0 Å². The van der Waals surface area contributed by atoms with E-state index in [-0.39, 0.29) is 5.69 Å². The van der Waals surface area contributed by atoms with Crippen molar-refractivity contribution in [3.63, 3.8) is 0 Å². The zero-order valence-electron chi connectivity index (χ0n) is 13.6. The average Bonchev–Trinajstić information content (AvgIpc) is 3.10. The molecule has 2 aromatic heterocycles. The average molecular weight is 364 g/mol. The van der Waals surface area contributed by atoms with Gasteiger partial charge in [0.05, 0.1) is 16.0 Å². The summed E-state index contributed by atoms with van der Waals surface area (Å²) in [5.74, 6) is 0. The summed E-state index contributed by atoms with van der Waals surface area (Å²) in [6.07, 6.45) is 3.11. The minimum absolute atomic E-state index is 0.0238. The van der Waals surface area contributed by atoms with Gasteiger partial charge in [-0.25, -0.2) is 0 Å². The molecule has 4 aromatic rings. The van der Waals surface area contributed by atoms with Crippen molar-refractivity contribution in [3.05, 3.63) is 70.5 Å². The first-order valence-electron chi connectivity index (χ1n) is 7.68. The van der Waals surface area contributed by atoms with E-state index in [0.717, 1.165) is 21.5 Å². The maximum Gasteiger partial charge on any atom is 0.278 e. The number of fused-ring (bicyclic) bond motifs is 1. The number of nitro groups is 1. The number of pyridine rings is 1. The van der Waals surface area contributed by atoms with Crippen molar-refractivity contribution in [2.45, 2.75) is 17.0 Å². The van der Waals surface area contributed by atoms with Crippen LogP contribution < -0.4 is 0 Å². The molecule has 0 unspecified atom stereocenters. The first-order valence-corrected chi connectivity index (χ1v) is 8.49. The van der Waals surface area contributed by atoms with Crippen LogP contribution >= 0.6 is 11.8 Å². The van der Waals surface area contributed by atoms with Gasteiger partial charge >= 0.3 is 0 Å². The summed E-state index contributed by atoms with van der Waals surface area (Å²) in [6, 6.07) is 12.8. The van der Waals surface area contributed by atoms with Gasteiger partial charge < -0.3 is 0 Å². The minimum atomic E-state index is -0.407. The fourth-order valence-electron chi connectivity index (χ4n) is 2.66. The molecule has 0 aliphatic heterocycles. The second kappa shape index (κ2) is 6.52. The Labute approximate surface area is 152 Å². The molecule has 0 spiro atoms. The van der Waals surface area contributed by atoms with Crippen LogP contribution in [0.25, 0.3) is 16.5 Å². The molecule has 26 heavy (non-hydrogen) atoms. The van der Waals surface area contributed by atoms with Crippen LogP contribution in [0.1, 0.15) is 5.56 Å². The molecule has 0 fully saturated rings. The molecule has 0 saturated heterocycles. The van der Waals surface area contributed by atoms with Crippen LogP contribution in [0.15, 0.2) is 64.9 Å². The molecule has 9 heteroatoms. The Morgan fingerprint density at radius 1 is 1.15 bits per heavy atom. The number of rotatable bonds is 4. The van der Waals surface area contributed by atoms with Gasteiger partial charge in [0.2, 0.25) is 5.16 Å². The molecule has 2 aromatic carbocycles. The Morgan fingerprint density at radius 2 is 2.04 bits per heavy atom. The lowest BCUT2D eigenvalue weighted by atomic mass is 10.1. The van der Waals surface area contributed by atoms with E-state index in [2.05, 4.69) is 20.5 Å². The number of tetrazole rings is 1. The maximum absolute atomic E-state index is 11.2. The predicted octanol–water partition coefficient (Wildman–Crippen LogP) is 3.58. The van der Waals surface area contributed by atoms with E-state index in [4.69, 9.17) is 0 Å². The lowest BCUT2D eigenvalue weighted by Crippen LogP contribution is -1.99. The van der Waals surface area contributed by atoms with Crippen LogP contribution in [-0.4, -0.2) is 30.1 Å². The topological polar surface area (TPSA) is 99.6 Å². The molecule has 0 aliphatic carbocycles. The molecule has 0 N–H and O–H groups in total. The molecule has 128 valence electrons. The number of aryl methyl sites for hydroxylation is 1. The number of aromatic nitrogens is 5. The summed E-state index contributed by atoms with van der Waals surface area (Å²) >= 11 is 1.35. The molecular weight excluding hydrogens is 352 g/mol. The first kappa shape index (κ1) is 16.2. The standard InChI is InChI=1S/C17H12N6O2S/c1-11-3-2-4-12(9-11)22-17(19-20-21-22)26-16-6-5-15(23(24)25)14-10-18-8-7-13(14)16/h2-10H,1H3. The Hall–Kier alpha value is -3.33. The highest BCUT2D eigenvalue weighted by Crippen LogP contribution is 2.36. The first-order chi connectivity index (χ1) is 12.6. The monoisotopic (exact) mass is 364 g/mol. The van der Waals surface area contributed by atoms with Crippen LogP contribution in [0.3, 0.4) is 0 Å². The van der Waals surface area contributed by atoms with Gasteiger partial charge in [0.15, 0.2) is 0 Å². The van der Waals surface area contributed by atoms with Crippen LogP contribution in [-0.2, 0) is 0 Å². The molecule has 0 amide bonds. The van der Waals surface area contributed by atoms with Crippen molar-refractivity contribution >= 4 is 28.2 Å². The summed E-state index contributed by atoms with van der Waals surface area (Å²) < 4.78 is 1.64. The Bertz CT molecular complexity index is 1130. The molecule has 0 atom stereocenters. The molecule has 0 aliphatic rings. The number of nitro benzene ring substituents is 1. The summed E-state index contributed by atoms with van der Waals surface area (Å²) in [6.45, 7) is 2.00. The highest BCUT2D eigenvalue weighted by molar-refractivity contribution is 7.99. The van der Waals surface area contributed by atoms with Crippen LogP contribution in [0.5, 0.6) is 0 Å². The number of benzene rings is 2. The van der Waals surface area contributed by atoms with Gasteiger partial charge in [-0.2, -0.15) is 4.68 Å². The fourth-order valence-corrected chi connectivity index (χ4v) is 3.58. The van der Waals surface area contributed by atoms with E-state index in [1.54, 1.807) is 23.0 Å². The number of non-ortho nitro benzene ring substituents is 1. The molecular formula is C17H12N6O2S. The predicted molar refractivity (Wildman–Crippen MR) is 96.4 cm³/mol. The van der Waals surface area contributed by atoms with Gasteiger partial charge in [0.25, 0.3) is 5.69 Å². The van der Waals surface area contributed by atoms with Gasteiger partial charge in [-0.3, -0.25) is 15.1 Å². The molecule has 2 heterocycles. The Kier molecular flexibility index (Phi) is 4.05. The molecule has 0 saturated carbocycles. The van der Waals surface area contributed by atoms with Crippen molar-refractivity contribution in [2.75, 3.05) is 0 Å². The van der Waals surface area contributed by atoms with E-state index < -0.39 is 4.92 Å². The van der Waals surface area contributed by atoms with Crippen LogP contribution in [0.4, 0.5) is 5.69 Å². The zero-order valence-corrected chi connectivity index (χ0v) is 14.4. The lowest BCUT2D eigenvalue weighted by molar-refractivity contribution is -0.383. The van der Waals surface area contributed by atoms with E-state index >= 15 is 0 Å². The third kappa shape index (κ3) is 2.88. The van der Waals surface area contributed by atoms with Crippen molar-refractivity contribution in [2.24, 2.45) is 0 Å². The lowest BCUT2D eigenvalue weighted by Gasteiger charge is -2.07. The second-order valence-electron chi connectivity index (χ2n) is 5.58. The fraction of sp³-hybridized carbons (Fsp3) is 0.0588. The SMILES string of the molecule is Cc1cccc(-n2nnnc2Sc2ccc([N+](=O)[O-])c3cnccc23)c1. The molecule has 0 bridgehead atoms. The summed E-state index contributed by atoms with van der Waals surface area (Å²) in [4.78, 5) is 15.7. The van der Waals surface area contributed by atoms with Gasteiger partial charge in [-0.1, -0.05) is 12.1 Å².